The fourth-order valence-electron chi connectivity index (χ4n) is 1.66. The van der Waals surface area contributed by atoms with Crippen molar-refractivity contribution in [3.63, 3.8) is 0 Å². The van der Waals surface area contributed by atoms with Crippen LogP contribution < -0.4 is 0 Å². The first kappa shape index (κ1) is 18.4. The maximum atomic E-state index is 9.20. The molecule has 0 unspecified atom stereocenters. The van der Waals surface area contributed by atoms with Crippen molar-refractivity contribution in [3.8, 4) is 0 Å². The smallest absolute Gasteiger partial charge is 0.192 e. The zero-order valence-electron chi connectivity index (χ0n) is 14.1. The quantitative estimate of drug-likeness (QED) is 0.738. The minimum Gasteiger partial charge on any atom is -0.414 e. The second kappa shape index (κ2) is 8.08. The Morgan fingerprint density at radius 1 is 1.14 bits per heavy atom. The fraction of sp³-hybridized carbons (Fsp3) is 0.647. The third kappa shape index (κ3) is 6.30. The Bertz CT molecular complexity index is 398. The van der Waals surface area contributed by atoms with Crippen molar-refractivity contribution in [2.75, 3.05) is 13.2 Å². The molecule has 0 saturated carbocycles. The van der Waals surface area contributed by atoms with Crippen LogP contribution in [0, 0.1) is 0 Å². The molecule has 0 aliphatic heterocycles. The standard InChI is InChI=1S/C17H30O3Si/c1-17(2,3)21(4,5)20-14-16(11-12-18)19-13-15-9-7-6-8-10-15/h6-10,16,18H,11-14H2,1-5H3/t16-/m1/s1. The average Bonchev–Trinajstić information content (AvgIpc) is 2.42. The van der Waals surface area contributed by atoms with Crippen LogP contribution in [0.15, 0.2) is 30.3 Å². The van der Waals surface area contributed by atoms with E-state index < -0.39 is 8.32 Å². The maximum absolute atomic E-state index is 9.20. The summed E-state index contributed by atoms with van der Waals surface area (Å²) in [7, 11) is -1.77. The summed E-state index contributed by atoms with van der Waals surface area (Å²) in [6, 6.07) is 10.1. The van der Waals surface area contributed by atoms with E-state index in [1.165, 1.54) is 0 Å². The molecule has 0 aromatic heterocycles. The molecule has 0 spiro atoms. The van der Waals surface area contributed by atoms with Crippen molar-refractivity contribution in [1.29, 1.82) is 0 Å². The van der Waals surface area contributed by atoms with Gasteiger partial charge in [0.15, 0.2) is 8.32 Å². The Morgan fingerprint density at radius 3 is 2.29 bits per heavy atom. The molecule has 0 fully saturated rings. The minimum absolute atomic E-state index is 0.0515. The highest BCUT2D eigenvalue weighted by molar-refractivity contribution is 6.74. The van der Waals surface area contributed by atoms with Crippen LogP contribution in [0.2, 0.25) is 18.1 Å². The molecular weight excluding hydrogens is 280 g/mol. The first-order chi connectivity index (χ1) is 9.76. The maximum Gasteiger partial charge on any atom is 0.192 e. The van der Waals surface area contributed by atoms with Crippen molar-refractivity contribution in [2.45, 2.75) is 58.0 Å². The highest BCUT2D eigenvalue weighted by atomic mass is 28.4. The van der Waals surface area contributed by atoms with Crippen molar-refractivity contribution in [3.05, 3.63) is 35.9 Å². The van der Waals surface area contributed by atoms with E-state index in [0.717, 1.165) is 5.56 Å². The van der Waals surface area contributed by atoms with Gasteiger partial charge in [0.05, 0.1) is 19.3 Å². The topological polar surface area (TPSA) is 38.7 Å². The van der Waals surface area contributed by atoms with Gasteiger partial charge in [-0.25, -0.2) is 0 Å². The number of aliphatic hydroxyl groups is 1. The van der Waals surface area contributed by atoms with Gasteiger partial charge in [-0.2, -0.15) is 0 Å². The van der Waals surface area contributed by atoms with Gasteiger partial charge in [-0.05, 0) is 30.1 Å². The molecule has 0 heterocycles. The highest BCUT2D eigenvalue weighted by Crippen LogP contribution is 2.36. The molecule has 0 aliphatic carbocycles. The van der Waals surface area contributed by atoms with E-state index >= 15 is 0 Å². The van der Waals surface area contributed by atoms with Gasteiger partial charge in [0.25, 0.3) is 0 Å². The lowest BCUT2D eigenvalue weighted by Crippen LogP contribution is -2.43. The second-order valence-corrected chi connectivity index (χ2v) is 11.8. The third-order valence-electron chi connectivity index (χ3n) is 4.22. The molecule has 0 saturated heterocycles. The van der Waals surface area contributed by atoms with Gasteiger partial charge in [-0.3, -0.25) is 0 Å². The summed E-state index contributed by atoms with van der Waals surface area (Å²) in [5.74, 6) is 0. The van der Waals surface area contributed by atoms with Crippen LogP contribution in [-0.2, 0) is 15.8 Å². The predicted molar refractivity (Wildman–Crippen MR) is 89.9 cm³/mol. The Kier molecular flexibility index (Phi) is 7.07. The van der Waals surface area contributed by atoms with Gasteiger partial charge in [0.1, 0.15) is 0 Å². The Hall–Kier alpha value is -0.683. The summed E-state index contributed by atoms with van der Waals surface area (Å²) in [4.78, 5) is 0. The Balaban J connectivity index is 2.50. The SMILES string of the molecule is CC(C)(C)[Si](C)(C)OC[C@@H](CCO)OCc1ccccc1. The average molecular weight is 311 g/mol. The van der Waals surface area contributed by atoms with E-state index in [9.17, 15) is 5.11 Å². The minimum atomic E-state index is -1.77. The molecular formula is C17H30O3Si. The molecule has 1 atom stereocenters. The number of benzene rings is 1. The van der Waals surface area contributed by atoms with E-state index in [2.05, 4.69) is 33.9 Å². The fourth-order valence-corrected chi connectivity index (χ4v) is 2.70. The molecule has 120 valence electrons. The van der Waals surface area contributed by atoms with Crippen LogP contribution in [0.25, 0.3) is 0 Å². The summed E-state index contributed by atoms with van der Waals surface area (Å²) in [6.45, 7) is 12.4. The number of hydrogen-bond donors (Lipinski definition) is 1. The first-order valence-electron chi connectivity index (χ1n) is 7.66. The molecule has 0 bridgehead atoms. The summed E-state index contributed by atoms with van der Waals surface area (Å²) in [6.07, 6.45) is 0.561. The summed E-state index contributed by atoms with van der Waals surface area (Å²) in [5, 5.41) is 9.39. The molecule has 4 heteroatoms. The normalized spacial score (nSPS) is 14.2. The monoisotopic (exact) mass is 310 g/mol. The molecule has 0 radical (unpaired) electrons. The molecule has 1 aromatic rings. The number of aliphatic hydroxyl groups excluding tert-OH is 1. The highest BCUT2D eigenvalue weighted by Gasteiger charge is 2.37. The molecule has 0 aliphatic rings. The van der Waals surface area contributed by atoms with Crippen molar-refractivity contribution in [1.82, 2.24) is 0 Å². The molecule has 21 heavy (non-hydrogen) atoms. The Morgan fingerprint density at radius 2 is 1.76 bits per heavy atom. The van der Waals surface area contributed by atoms with Crippen LogP contribution in [0.3, 0.4) is 0 Å². The zero-order chi connectivity index (χ0) is 15.9. The van der Waals surface area contributed by atoms with Crippen molar-refractivity contribution < 1.29 is 14.3 Å². The van der Waals surface area contributed by atoms with E-state index in [4.69, 9.17) is 9.16 Å². The van der Waals surface area contributed by atoms with Crippen LogP contribution >= 0.6 is 0 Å². The largest absolute Gasteiger partial charge is 0.414 e. The molecule has 1 rings (SSSR count). The zero-order valence-corrected chi connectivity index (χ0v) is 15.1. The van der Waals surface area contributed by atoms with E-state index in [1.807, 2.05) is 30.3 Å². The van der Waals surface area contributed by atoms with Crippen LogP contribution in [0.4, 0.5) is 0 Å². The van der Waals surface area contributed by atoms with Gasteiger partial charge in [-0.15, -0.1) is 0 Å². The number of hydrogen-bond acceptors (Lipinski definition) is 3. The first-order valence-corrected chi connectivity index (χ1v) is 10.6. The van der Waals surface area contributed by atoms with E-state index in [0.29, 0.717) is 19.6 Å². The molecule has 0 amide bonds. The van der Waals surface area contributed by atoms with Gasteiger partial charge in [-0.1, -0.05) is 51.1 Å². The third-order valence-corrected chi connectivity index (χ3v) is 8.72. The lowest BCUT2D eigenvalue weighted by molar-refractivity contribution is -0.00720. The van der Waals surface area contributed by atoms with Gasteiger partial charge in [0, 0.05) is 6.61 Å². The van der Waals surface area contributed by atoms with Crippen molar-refractivity contribution >= 4 is 8.32 Å². The van der Waals surface area contributed by atoms with Crippen LogP contribution in [0.1, 0.15) is 32.8 Å². The predicted octanol–water partition coefficient (Wildman–Crippen LogP) is 3.98. The van der Waals surface area contributed by atoms with Gasteiger partial charge < -0.3 is 14.3 Å². The Labute approximate surface area is 130 Å². The van der Waals surface area contributed by atoms with E-state index in [-0.39, 0.29) is 17.7 Å². The van der Waals surface area contributed by atoms with Crippen LogP contribution in [-0.4, -0.2) is 32.7 Å². The molecule has 1 aromatic carbocycles. The lowest BCUT2D eigenvalue weighted by Gasteiger charge is -2.37. The summed E-state index contributed by atoms with van der Waals surface area (Å²) in [5.41, 5.74) is 1.15. The van der Waals surface area contributed by atoms with Crippen LogP contribution in [0.5, 0.6) is 0 Å². The summed E-state index contributed by atoms with van der Waals surface area (Å²) < 4.78 is 12.1. The second-order valence-electron chi connectivity index (χ2n) is 7.00. The van der Waals surface area contributed by atoms with Crippen molar-refractivity contribution in [2.24, 2.45) is 0 Å². The molecule has 1 N–H and O–H groups in total. The van der Waals surface area contributed by atoms with Gasteiger partial charge in [0.2, 0.25) is 0 Å². The number of ether oxygens (including phenoxy) is 1. The van der Waals surface area contributed by atoms with Gasteiger partial charge >= 0.3 is 0 Å². The lowest BCUT2D eigenvalue weighted by atomic mass is 10.2. The summed E-state index contributed by atoms with van der Waals surface area (Å²) >= 11 is 0. The van der Waals surface area contributed by atoms with E-state index in [1.54, 1.807) is 0 Å². The molecule has 3 nitrogen and oxygen atoms in total. The number of rotatable bonds is 8.